The van der Waals surface area contributed by atoms with Crippen LogP contribution in [0, 0.1) is 17.0 Å². The Balaban J connectivity index is 2.06. The summed E-state index contributed by atoms with van der Waals surface area (Å²) in [5, 5.41) is 24.5. The third-order valence-corrected chi connectivity index (χ3v) is 3.77. The molecule has 0 saturated heterocycles. The maximum atomic E-state index is 11.9. The van der Waals surface area contributed by atoms with Crippen molar-refractivity contribution < 1.29 is 19.6 Å². The fourth-order valence-corrected chi connectivity index (χ4v) is 2.37. The van der Waals surface area contributed by atoms with Gasteiger partial charge in [-0.1, -0.05) is 0 Å². The lowest BCUT2D eigenvalue weighted by Gasteiger charge is -2.06. The highest BCUT2D eigenvalue weighted by Gasteiger charge is 2.16. The maximum Gasteiger partial charge on any atom is 0.325 e. The number of nitro groups is 1. The molecule has 0 bridgehead atoms. The number of hydrogen-bond acceptors (Lipinski definition) is 8. The van der Waals surface area contributed by atoms with Crippen LogP contribution < -0.4 is 21.4 Å². The van der Waals surface area contributed by atoms with E-state index in [4.69, 9.17) is 4.74 Å². The van der Waals surface area contributed by atoms with Crippen LogP contribution in [0.3, 0.4) is 0 Å². The minimum absolute atomic E-state index is 0.0285. The number of carbonyl (C=O) groups is 1. The number of aryl methyl sites for hydroxylation is 1. The van der Waals surface area contributed by atoms with Crippen molar-refractivity contribution in [3.63, 3.8) is 0 Å². The number of aromatic hydroxyl groups is 1. The zero-order valence-corrected chi connectivity index (χ0v) is 14.9. The Morgan fingerprint density at radius 2 is 2.11 bits per heavy atom. The van der Waals surface area contributed by atoms with Gasteiger partial charge < -0.3 is 14.8 Å². The summed E-state index contributed by atoms with van der Waals surface area (Å²) in [5.41, 5.74) is 1.25. The van der Waals surface area contributed by atoms with Gasteiger partial charge in [-0.05, 0) is 13.3 Å². The number of amides is 1. The second kappa shape index (κ2) is 8.62. The topological polar surface area (TPSA) is 180 Å². The molecule has 2 aromatic rings. The Hall–Kier alpha value is -3.96. The van der Waals surface area contributed by atoms with Gasteiger partial charge in [-0.3, -0.25) is 24.7 Å². The van der Waals surface area contributed by atoms with Crippen LogP contribution in [0.4, 0.5) is 5.69 Å². The molecule has 0 unspecified atom stereocenters. The van der Waals surface area contributed by atoms with Gasteiger partial charge in [-0.25, -0.2) is 10.2 Å². The van der Waals surface area contributed by atoms with E-state index < -0.39 is 22.1 Å². The highest BCUT2D eigenvalue weighted by atomic mass is 16.6. The smallest absolute Gasteiger partial charge is 0.325 e. The van der Waals surface area contributed by atoms with Crippen molar-refractivity contribution in [3.05, 3.63) is 59.9 Å². The molecule has 0 aliphatic rings. The lowest BCUT2D eigenvalue weighted by molar-refractivity contribution is -0.385. The first kappa shape index (κ1) is 20.4. The number of ether oxygens (including phenoxy) is 1. The molecule has 0 saturated carbocycles. The molecule has 1 aromatic carbocycles. The normalized spacial score (nSPS) is 10.8. The zero-order valence-electron chi connectivity index (χ0n) is 14.9. The summed E-state index contributed by atoms with van der Waals surface area (Å²) >= 11 is 0. The lowest BCUT2D eigenvalue weighted by Crippen LogP contribution is -2.28. The van der Waals surface area contributed by atoms with E-state index in [9.17, 15) is 29.6 Å². The number of aromatic nitrogens is 2. The van der Waals surface area contributed by atoms with Crippen molar-refractivity contribution in [1.29, 1.82) is 0 Å². The Morgan fingerprint density at radius 3 is 2.71 bits per heavy atom. The predicted octanol–water partition coefficient (Wildman–Crippen LogP) is 0.0769. The lowest BCUT2D eigenvalue weighted by atomic mass is 10.1. The summed E-state index contributed by atoms with van der Waals surface area (Å²) in [6.07, 6.45) is 0.994. The number of nitrogens with zero attached hydrogens (tertiary/aromatic N) is 2. The molecule has 4 N–H and O–H groups in total. The second-order valence-corrected chi connectivity index (χ2v) is 5.65. The Kier molecular flexibility index (Phi) is 6.26. The summed E-state index contributed by atoms with van der Waals surface area (Å²) < 4.78 is 4.86. The van der Waals surface area contributed by atoms with Crippen molar-refractivity contribution in [2.45, 2.75) is 19.8 Å². The quantitative estimate of drug-likeness (QED) is 0.293. The van der Waals surface area contributed by atoms with Gasteiger partial charge in [-0.15, -0.1) is 0 Å². The molecular formula is C16H17N5O7. The van der Waals surface area contributed by atoms with E-state index in [0.29, 0.717) is 5.69 Å². The minimum Gasteiger partial charge on any atom is -0.504 e. The maximum absolute atomic E-state index is 11.9. The molecule has 28 heavy (non-hydrogen) atoms. The first-order valence-corrected chi connectivity index (χ1v) is 7.92. The second-order valence-electron chi connectivity index (χ2n) is 5.65. The summed E-state index contributed by atoms with van der Waals surface area (Å²) in [5.74, 6) is -1.03. The van der Waals surface area contributed by atoms with Gasteiger partial charge in [0.25, 0.3) is 11.2 Å². The molecule has 2 rings (SSSR count). The molecule has 12 heteroatoms. The van der Waals surface area contributed by atoms with Gasteiger partial charge in [0, 0.05) is 29.3 Å². The standard InChI is InChI=1S/C16H17N5O7/c1-8-11(15(24)19-16(25)18-8)3-4-13(22)20-17-7-9-5-10(21(26)27)6-12(28-2)14(9)23/h5-7,23H,3-4H2,1-2H3,(H,20,22)(H2,18,19,24,25)/b17-7+. The van der Waals surface area contributed by atoms with Gasteiger partial charge >= 0.3 is 5.69 Å². The Morgan fingerprint density at radius 1 is 1.39 bits per heavy atom. The van der Waals surface area contributed by atoms with Crippen LogP contribution in [0.1, 0.15) is 23.2 Å². The van der Waals surface area contributed by atoms with Crippen molar-refractivity contribution in [2.75, 3.05) is 7.11 Å². The van der Waals surface area contributed by atoms with Gasteiger partial charge in [0.15, 0.2) is 11.5 Å². The van der Waals surface area contributed by atoms with Gasteiger partial charge in [0.1, 0.15) is 0 Å². The largest absolute Gasteiger partial charge is 0.504 e. The Bertz CT molecular complexity index is 1050. The third-order valence-electron chi connectivity index (χ3n) is 3.77. The highest BCUT2D eigenvalue weighted by Crippen LogP contribution is 2.33. The van der Waals surface area contributed by atoms with Crippen LogP contribution in [0.2, 0.25) is 0 Å². The molecule has 0 spiro atoms. The number of phenolic OH excluding ortho intramolecular Hbond substituents is 1. The summed E-state index contributed by atoms with van der Waals surface area (Å²) in [6, 6.07) is 2.12. The van der Waals surface area contributed by atoms with Gasteiger partial charge in [-0.2, -0.15) is 5.10 Å². The van der Waals surface area contributed by atoms with Crippen molar-refractivity contribution >= 4 is 17.8 Å². The first-order chi connectivity index (χ1) is 13.2. The summed E-state index contributed by atoms with van der Waals surface area (Å²) in [6.45, 7) is 1.54. The number of hydrogen-bond donors (Lipinski definition) is 4. The van der Waals surface area contributed by atoms with Crippen LogP contribution in [-0.4, -0.2) is 39.2 Å². The summed E-state index contributed by atoms with van der Waals surface area (Å²) in [7, 11) is 1.24. The molecule has 1 amide bonds. The van der Waals surface area contributed by atoms with Gasteiger partial charge in [0.2, 0.25) is 5.91 Å². The molecule has 0 aliphatic carbocycles. The fraction of sp³-hybridized carbons (Fsp3) is 0.250. The van der Waals surface area contributed by atoms with E-state index in [1.165, 1.54) is 7.11 Å². The molecule has 1 aromatic heterocycles. The van der Waals surface area contributed by atoms with E-state index in [1.54, 1.807) is 6.92 Å². The number of H-pyrrole nitrogens is 2. The molecular weight excluding hydrogens is 374 g/mol. The van der Waals surface area contributed by atoms with Crippen LogP contribution >= 0.6 is 0 Å². The van der Waals surface area contributed by atoms with Crippen LogP contribution in [0.15, 0.2) is 26.8 Å². The summed E-state index contributed by atoms with van der Waals surface area (Å²) in [4.78, 5) is 49.5. The number of nitro benzene ring substituents is 1. The molecule has 0 radical (unpaired) electrons. The predicted molar refractivity (Wildman–Crippen MR) is 97.8 cm³/mol. The number of methoxy groups -OCH3 is 1. The van der Waals surface area contributed by atoms with Gasteiger partial charge in [0.05, 0.1) is 24.3 Å². The number of rotatable bonds is 7. The van der Waals surface area contributed by atoms with Crippen LogP contribution in [-0.2, 0) is 11.2 Å². The van der Waals surface area contributed by atoms with Crippen molar-refractivity contribution in [2.24, 2.45) is 5.10 Å². The molecule has 12 nitrogen and oxygen atoms in total. The van der Waals surface area contributed by atoms with Crippen LogP contribution in [0.5, 0.6) is 11.5 Å². The van der Waals surface area contributed by atoms with E-state index in [2.05, 4.69) is 20.5 Å². The first-order valence-electron chi connectivity index (χ1n) is 7.92. The minimum atomic E-state index is -0.665. The number of nitrogens with one attached hydrogen (secondary N) is 3. The van der Waals surface area contributed by atoms with Crippen molar-refractivity contribution in [1.82, 2.24) is 15.4 Å². The average Bonchev–Trinajstić information content (AvgIpc) is 2.61. The number of non-ortho nitro benzene ring substituents is 1. The number of carbonyl (C=O) groups excluding carboxylic acids is 1. The third kappa shape index (κ3) is 4.81. The highest BCUT2D eigenvalue weighted by molar-refractivity contribution is 5.87. The molecule has 148 valence electrons. The molecule has 0 aliphatic heterocycles. The molecule has 0 fully saturated rings. The monoisotopic (exact) mass is 391 g/mol. The fourth-order valence-electron chi connectivity index (χ4n) is 2.37. The zero-order chi connectivity index (χ0) is 20.8. The number of hydrazone groups is 1. The van der Waals surface area contributed by atoms with E-state index >= 15 is 0 Å². The molecule has 0 atom stereocenters. The molecule has 1 heterocycles. The van der Waals surface area contributed by atoms with E-state index in [1.807, 2.05) is 0 Å². The SMILES string of the molecule is COc1cc([N+](=O)[O-])cc(/C=N/NC(=O)CCc2c(C)[nH]c(=O)[nH]c2=O)c1O. The number of benzene rings is 1. The van der Waals surface area contributed by atoms with E-state index in [-0.39, 0.29) is 41.2 Å². The average molecular weight is 391 g/mol. The van der Waals surface area contributed by atoms with E-state index in [0.717, 1.165) is 18.3 Å². The van der Waals surface area contributed by atoms with Crippen molar-refractivity contribution in [3.8, 4) is 11.5 Å². The number of phenols is 1. The number of aromatic amines is 2. The van der Waals surface area contributed by atoms with Crippen LogP contribution in [0.25, 0.3) is 0 Å². The Labute approximate surface area is 157 Å².